The van der Waals surface area contributed by atoms with Crippen molar-refractivity contribution in [2.24, 2.45) is 11.8 Å². The van der Waals surface area contributed by atoms with Gasteiger partial charge in [0.15, 0.2) is 0 Å². The summed E-state index contributed by atoms with van der Waals surface area (Å²) in [4.78, 5) is 24.4. The lowest BCUT2D eigenvalue weighted by atomic mass is 9.96. The van der Waals surface area contributed by atoms with Gasteiger partial charge in [0.25, 0.3) is 0 Å². The Bertz CT molecular complexity index is 285. The van der Waals surface area contributed by atoms with Gasteiger partial charge in [-0.2, -0.15) is 0 Å². The molecule has 0 radical (unpaired) electrons. The molecule has 0 saturated carbocycles. The Morgan fingerprint density at radius 2 is 1.88 bits per heavy atom. The molecule has 1 heterocycles. The Labute approximate surface area is 107 Å². The molecule has 0 aromatic heterocycles. The number of aliphatic carboxylic acids is 1. The van der Waals surface area contributed by atoms with Gasteiger partial charge in [-0.1, -0.05) is 13.8 Å². The molecule has 17 heavy (non-hydrogen) atoms. The van der Waals surface area contributed by atoms with Gasteiger partial charge in [0.1, 0.15) is 5.38 Å². The Kier molecular flexibility index (Phi) is 5.25. The molecule has 0 aromatic rings. The van der Waals surface area contributed by atoms with E-state index in [1.165, 1.54) is 0 Å². The molecule has 1 saturated heterocycles. The summed E-state index contributed by atoms with van der Waals surface area (Å²) in [6, 6.07) is 0. The summed E-state index contributed by atoms with van der Waals surface area (Å²) < 4.78 is 0. The molecule has 1 atom stereocenters. The summed E-state index contributed by atoms with van der Waals surface area (Å²) in [5.41, 5.74) is 0. The number of nitrogens with zero attached hydrogens (tertiary/aromatic N) is 1. The van der Waals surface area contributed by atoms with Crippen molar-refractivity contribution in [3.63, 3.8) is 0 Å². The van der Waals surface area contributed by atoms with Gasteiger partial charge < -0.3 is 10.0 Å². The first-order chi connectivity index (χ1) is 7.91. The van der Waals surface area contributed by atoms with Crippen molar-refractivity contribution in [2.75, 3.05) is 13.1 Å². The number of amides is 1. The summed E-state index contributed by atoms with van der Waals surface area (Å²) in [6.45, 7) is 5.08. The van der Waals surface area contributed by atoms with E-state index in [0.29, 0.717) is 38.3 Å². The van der Waals surface area contributed by atoms with E-state index in [2.05, 4.69) is 0 Å². The fraction of sp³-hybridized carbons (Fsp3) is 0.833. The van der Waals surface area contributed by atoms with Crippen molar-refractivity contribution < 1.29 is 14.7 Å². The minimum absolute atomic E-state index is 0.0517. The molecule has 0 spiro atoms. The number of carbonyl (C=O) groups is 2. The Balaban J connectivity index is 2.43. The molecule has 4 nitrogen and oxygen atoms in total. The summed E-state index contributed by atoms with van der Waals surface area (Å²) in [5.74, 6) is -0.734. The summed E-state index contributed by atoms with van der Waals surface area (Å²) in [5, 5.41) is 8.39. The Morgan fingerprint density at radius 1 is 1.35 bits per heavy atom. The number of carboxylic acid groups (broad SMARTS) is 1. The number of alkyl halides is 1. The number of hydrogen-bond acceptors (Lipinski definition) is 2. The van der Waals surface area contributed by atoms with E-state index in [0.717, 1.165) is 0 Å². The van der Waals surface area contributed by atoms with Crippen molar-refractivity contribution in [1.29, 1.82) is 0 Å². The van der Waals surface area contributed by atoms with Crippen molar-refractivity contribution in [3.05, 3.63) is 0 Å². The summed E-state index contributed by atoms with van der Waals surface area (Å²) in [7, 11) is 0. The third-order valence-corrected chi connectivity index (χ3v) is 3.47. The van der Waals surface area contributed by atoms with Crippen LogP contribution >= 0.6 is 11.6 Å². The van der Waals surface area contributed by atoms with Crippen molar-refractivity contribution in [1.82, 2.24) is 4.90 Å². The molecule has 5 heteroatoms. The van der Waals surface area contributed by atoms with Gasteiger partial charge >= 0.3 is 5.97 Å². The van der Waals surface area contributed by atoms with Crippen LogP contribution in [0.4, 0.5) is 0 Å². The molecular formula is C12H20ClNO3. The third kappa shape index (κ3) is 4.19. The predicted octanol–water partition coefficient (Wildman–Crippen LogP) is 1.96. The van der Waals surface area contributed by atoms with Gasteiger partial charge in [0.05, 0.1) is 5.92 Å². The zero-order chi connectivity index (χ0) is 13.0. The second-order valence-corrected chi connectivity index (χ2v) is 5.56. The lowest BCUT2D eigenvalue weighted by molar-refractivity contribution is -0.145. The first kappa shape index (κ1) is 14.3. The molecular weight excluding hydrogens is 242 g/mol. The van der Waals surface area contributed by atoms with E-state index < -0.39 is 11.3 Å². The number of likely N-dealkylation sites (tertiary alicyclic amines) is 1. The molecule has 1 fully saturated rings. The number of carbonyl (C=O) groups excluding carboxylic acids is 1. The molecule has 1 aliphatic rings. The largest absolute Gasteiger partial charge is 0.481 e. The predicted molar refractivity (Wildman–Crippen MR) is 66.0 cm³/mol. The maximum absolute atomic E-state index is 12.0. The van der Waals surface area contributed by atoms with Gasteiger partial charge in [0, 0.05) is 13.1 Å². The SMILES string of the molecule is CC(C)C[C@H](Cl)C(=O)N1CCC(C(=O)O)CC1. The smallest absolute Gasteiger partial charge is 0.306 e. The number of halogens is 1. The zero-order valence-electron chi connectivity index (χ0n) is 10.4. The molecule has 0 bridgehead atoms. The lowest BCUT2D eigenvalue weighted by Gasteiger charge is -2.31. The number of piperidine rings is 1. The van der Waals surface area contributed by atoms with Crippen LogP contribution in [0.15, 0.2) is 0 Å². The van der Waals surface area contributed by atoms with Crippen molar-refractivity contribution in [2.45, 2.75) is 38.5 Å². The molecule has 1 amide bonds. The van der Waals surface area contributed by atoms with E-state index in [9.17, 15) is 9.59 Å². The van der Waals surface area contributed by atoms with Crippen LogP contribution in [0.2, 0.25) is 0 Å². The highest BCUT2D eigenvalue weighted by atomic mass is 35.5. The number of rotatable bonds is 4. The van der Waals surface area contributed by atoms with Gasteiger partial charge in [-0.15, -0.1) is 11.6 Å². The highest BCUT2D eigenvalue weighted by Crippen LogP contribution is 2.20. The van der Waals surface area contributed by atoms with E-state index in [1.54, 1.807) is 4.90 Å². The topological polar surface area (TPSA) is 57.6 Å². The zero-order valence-corrected chi connectivity index (χ0v) is 11.1. The standard InChI is InChI=1S/C12H20ClNO3/c1-8(2)7-10(13)11(15)14-5-3-9(4-6-14)12(16)17/h8-10H,3-7H2,1-2H3,(H,16,17)/t10-/m0/s1. The highest BCUT2D eigenvalue weighted by molar-refractivity contribution is 6.30. The molecule has 1 aliphatic heterocycles. The van der Waals surface area contributed by atoms with E-state index >= 15 is 0 Å². The number of carboxylic acids is 1. The van der Waals surface area contributed by atoms with Crippen molar-refractivity contribution in [3.8, 4) is 0 Å². The van der Waals surface area contributed by atoms with E-state index in [-0.39, 0.29) is 11.8 Å². The molecule has 0 aliphatic carbocycles. The average molecular weight is 262 g/mol. The first-order valence-corrected chi connectivity index (χ1v) is 6.51. The monoisotopic (exact) mass is 261 g/mol. The maximum Gasteiger partial charge on any atom is 0.306 e. The highest BCUT2D eigenvalue weighted by Gasteiger charge is 2.29. The first-order valence-electron chi connectivity index (χ1n) is 6.07. The summed E-state index contributed by atoms with van der Waals surface area (Å²) >= 11 is 6.05. The van der Waals surface area contributed by atoms with Crippen LogP contribution < -0.4 is 0 Å². The Morgan fingerprint density at radius 3 is 2.29 bits per heavy atom. The average Bonchev–Trinajstić information content (AvgIpc) is 2.27. The second kappa shape index (κ2) is 6.24. The van der Waals surface area contributed by atoms with Crippen LogP contribution in [0.3, 0.4) is 0 Å². The van der Waals surface area contributed by atoms with Crippen LogP contribution in [0.25, 0.3) is 0 Å². The van der Waals surface area contributed by atoms with Gasteiger partial charge in [-0.3, -0.25) is 9.59 Å². The van der Waals surface area contributed by atoms with Crippen molar-refractivity contribution >= 4 is 23.5 Å². The van der Waals surface area contributed by atoms with Gasteiger partial charge in [0.2, 0.25) is 5.91 Å². The summed E-state index contributed by atoms with van der Waals surface area (Å²) in [6.07, 6.45) is 1.73. The third-order valence-electron chi connectivity index (χ3n) is 3.10. The quantitative estimate of drug-likeness (QED) is 0.787. The Hall–Kier alpha value is -0.770. The minimum Gasteiger partial charge on any atom is -0.481 e. The van der Waals surface area contributed by atoms with Gasteiger partial charge in [-0.25, -0.2) is 0 Å². The fourth-order valence-electron chi connectivity index (χ4n) is 2.06. The van der Waals surface area contributed by atoms with Crippen LogP contribution in [-0.4, -0.2) is 40.3 Å². The molecule has 0 unspecified atom stereocenters. The molecule has 1 rings (SSSR count). The fourth-order valence-corrected chi connectivity index (χ4v) is 2.55. The second-order valence-electron chi connectivity index (χ2n) is 5.03. The number of hydrogen-bond donors (Lipinski definition) is 1. The molecule has 98 valence electrons. The minimum atomic E-state index is -0.762. The van der Waals surface area contributed by atoms with Gasteiger partial charge in [-0.05, 0) is 25.2 Å². The van der Waals surface area contributed by atoms with Crippen LogP contribution in [0.5, 0.6) is 0 Å². The molecule has 1 N–H and O–H groups in total. The normalized spacial score (nSPS) is 19.4. The lowest BCUT2D eigenvalue weighted by Crippen LogP contribution is -2.43. The maximum atomic E-state index is 12.0. The van der Waals surface area contributed by atoms with Crippen LogP contribution in [0, 0.1) is 11.8 Å². The van der Waals surface area contributed by atoms with Crippen LogP contribution in [-0.2, 0) is 9.59 Å². The van der Waals surface area contributed by atoms with E-state index in [1.807, 2.05) is 13.8 Å². The van der Waals surface area contributed by atoms with E-state index in [4.69, 9.17) is 16.7 Å². The molecule has 0 aromatic carbocycles. The van der Waals surface area contributed by atoms with Crippen LogP contribution in [0.1, 0.15) is 33.1 Å².